The highest BCUT2D eigenvalue weighted by Gasteiger charge is 2.29. The van der Waals surface area contributed by atoms with E-state index in [1.165, 1.54) is 22.5 Å². The standard InChI is InChI=1S/C17H26FN3O3S/c1-14(2)6-7-19-17(22)13-20-8-10-21(11-9-20)25(23,24)16-5-3-4-15(18)12-16/h3-5,12,14H,6-11,13H2,1-2H3,(H,19,22). The minimum absolute atomic E-state index is 0.0348. The zero-order valence-electron chi connectivity index (χ0n) is 14.7. The highest BCUT2D eigenvalue weighted by molar-refractivity contribution is 7.89. The van der Waals surface area contributed by atoms with Gasteiger partial charge in [-0.15, -0.1) is 0 Å². The molecule has 0 spiro atoms. The Labute approximate surface area is 149 Å². The van der Waals surface area contributed by atoms with Gasteiger partial charge in [0.05, 0.1) is 11.4 Å². The maximum absolute atomic E-state index is 13.3. The Morgan fingerprint density at radius 2 is 1.92 bits per heavy atom. The molecular formula is C17H26FN3O3S. The van der Waals surface area contributed by atoms with Crippen molar-refractivity contribution in [2.75, 3.05) is 39.3 Å². The smallest absolute Gasteiger partial charge is 0.243 e. The number of piperazine rings is 1. The highest BCUT2D eigenvalue weighted by atomic mass is 32.2. The summed E-state index contributed by atoms with van der Waals surface area (Å²) in [6.45, 7) is 6.67. The van der Waals surface area contributed by atoms with Crippen LogP contribution in [0.2, 0.25) is 0 Å². The molecule has 6 nitrogen and oxygen atoms in total. The Hall–Kier alpha value is -1.51. The molecule has 25 heavy (non-hydrogen) atoms. The van der Waals surface area contributed by atoms with Crippen molar-refractivity contribution in [3.63, 3.8) is 0 Å². The second kappa shape index (κ2) is 8.73. The van der Waals surface area contributed by atoms with Crippen molar-refractivity contribution in [3.05, 3.63) is 30.1 Å². The molecule has 2 rings (SSSR count). The number of carbonyl (C=O) groups excluding carboxylic acids is 1. The number of benzene rings is 1. The average Bonchev–Trinajstić information content (AvgIpc) is 2.55. The van der Waals surface area contributed by atoms with Crippen LogP contribution in [0, 0.1) is 11.7 Å². The molecule has 1 saturated heterocycles. The highest BCUT2D eigenvalue weighted by Crippen LogP contribution is 2.18. The summed E-state index contributed by atoms with van der Waals surface area (Å²) in [5, 5.41) is 2.88. The Kier molecular flexibility index (Phi) is 6.92. The zero-order chi connectivity index (χ0) is 18.4. The lowest BCUT2D eigenvalue weighted by Gasteiger charge is -2.33. The normalized spacial score (nSPS) is 17.0. The third-order valence-corrected chi connectivity index (χ3v) is 6.07. The van der Waals surface area contributed by atoms with Crippen LogP contribution < -0.4 is 5.32 Å². The molecule has 0 aliphatic carbocycles. The fourth-order valence-corrected chi connectivity index (χ4v) is 4.12. The predicted octanol–water partition coefficient (Wildman–Crippen LogP) is 1.29. The van der Waals surface area contributed by atoms with E-state index in [9.17, 15) is 17.6 Å². The van der Waals surface area contributed by atoms with Crippen LogP contribution in [-0.4, -0.2) is 62.8 Å². The molecule has 8 heteroatoms. The first-order valence-electron chi connectivity index (χ1n) is 8.54. The number of rotatable bonds is 7. The van der Waals surface area contributed by atoms with Crippen molar-refractivity contribution < 1.29 is 17.6 Å². The van der Waals surface area contributed by atoms with Gasteiger partial charge in [-0.25, -0.2) is 12.8 Å². The van der Waals surface area contributed by atoms with Gasteiger partial charge in [0.2, 0.25) is 15.9 Å². The second-order valence-electron chi connectivity index (χ2n) is 6.67. The summed E-state index contributed by atoms with van der Waals surface area (Å²) >= 11 is 0. The topological polar surface area (TPSA) is 69.7 Å². The van der Waals surface area contributed by atoms with E-state index >= 15 is 0 Å². The third-order valence-electron chi connectivity index (χ3n) is 4.18. The summed E-state index contributed by atoms with van der Waals surface area (Å²) in [5.74, 6) is -0.0725. The summed E-state index contributed by atoms with van der Waals surface area (Å²) in [5.41, 5.74) is 0. The monoisotopic (exact) mass is 371 g/mol. The van der Waals surface area contributed by atoms with Crippen LogP contribution in [-0.2, 0) is 14.8 Å². The van der Waals surface area contributed by atoms with E-state index in [-0.39, 0.29) is 30.4 Å². The maximum Gasteiger partial charge on any atom is 0.243 e. The second-order valence-corrected chi connectivity index (χ2v) is 8.61. The van der Waals surface area contributed by atoms with Crippen LogP contribution in [0.1, 0.15) is 20.3 Å². The van der Waals surface area contributed by atoms with Gasteiger partial charge in [0, 0.05) is 32.7 Å². The van der Waals surface area contributed by atoms with E-state index in [0.717, 1.165) is 12.5 Å². The molecule has 0 saturated carbocycles. The Morgan fingerprint density at radius 1 is 1.24 bits per heavy atom. The molecule has 1 aliphatic heterocycles. The largest absolute Gasteiger partial charge is 0.355 e. The van der Waals surface area contributed by atoms with Gasteiger partial charge in [0.1, 0.15) is 5.82 Å². The molecule has 1 heterocycles. The molecule has 1 aromatic rings. The van der Waals surface area contributed by atoms with Gasteiger partial charge in [-0.1, -0.05) is 19.9 Å². The minimum atomic E-state index is -3.69. The molecule has 1 aromatic carbocycles. The zero-order valence-corrected chi connectivity index (χ0v) is 15.6. The number of hydrogen-bond donors (Lipinski definition) is 1. The van der Waals surface area contributed by atoms with Gasteiger partial charge in [-0.2, -0.15) is 4.31 Å². The third kappa shape index (κ3) is 5.76. The van der Waals surface area contributed by atoms with Gasteiger partial charge in [-0.3, -0.25) is 9.69 Å². The van der Waals surface area contributed by atoms with Crippen LogP contribution in [0.25, 0.3) is 0 Å². The van der Waals surface area contributed by atoms with Crippen LogP contribution in [0.15, 0.2) is 29.2 Å². The number of carbonyl (C=O) groups is 1. The lowest BCUT2D eigenvalue weighted by atomic mass is 10.1. The van der Waals surface area contributed by atoms with E-state index in [1.54, 1.807) is 0 Å². The first-order valence-corrected chi connectivity index (χ1v) is 9.98. The van der Waals surface area contributed by atoms with Crippen LogP contribution in [0.5, 0.6) is 0 Å². The van der Waals surface area contributed by atoms with E-state index in [4.69, 9.17) is 0 Å². The average molecular weight is 371 g/mol. The lowest BCUT2D eigenvalue weighted by Crippen LogP contribution is -2.51. The Bertz CT molecular complexity index is 686. The van der Waals surface area contributed by atoms with Gasteiger partial charge in [-0.05, 0) is 30.5 Å². The molecule has 140 valence electrons. The van der Waals surface area contributed by atoms with Crippen LogP contribution in [0.3, 0.4) is 0 Å². The number of nitrogens with zero attached hydrogens (tertiary/aromatic N) is 2. The number of nitrogens with one attached hydrogen (secondary N) is 1. The van der Waals surface area contributed by atoms with Gasteiger partial charge in [0.15, 0.2) is 0 Å². The molecule has 1 amide bonds. The first kappa shape index (κ1) is 19.8. The summed E-state index contributed by atoms with van der Waals surface area (Å²) in [6, 6.07) is 5.03. The van der Waals surface area contributed by atoms with Crippen molar-refractivity contribution in [2.45, 2.75) is 25.2 Å². The van der Waals surface area contributed by atoms with E-state index in [2.05, 4.69) is 19.2 Å². The van der Waals surface area contributed by atoms with E-state index in [0.29, 0.717) is 25.6 Å². The minimum Gasteiger partial charge on any atom is -0.355 e. The van der Waals surface area contributed by atoms with Crippen molar-refractivity contribution in [3.8, 4) is 0 Å². The van der Waals surface area contributed by atoms with Crippen molar-refractivity contribution >= 4 is 15.9 Å². The number of sulfonamides is 1. The SMILES string of the molecule is CC(C)CCNC(=O)CN1CCN(S(=O)(=O)c2cccc(F)c2)CC1. The Morgan fingerprint density at radius 3 is 2.52 bits per heavy atom. The van der Waals surface area contributed by atoms with Gasteiger partial charge >= 0.3 is 0 Å². The molecule has 0 atom stereocenters. The number of amides is 1. The van der Waals surface area contributed by atoms with Crippen LogP contribution >= 0.6 is 0 Å². The molecule has 0 bridgehead atoms. The fourth-order valence-electron chi connectivity index (χ4n) is 2.66. The molecule has 0 radical (unpaired) electrons. The van der Waals surface area contributed by atoms with E-state index < -0.39 is 15.8 Å². The lowest BCUT2D eigenvalue weighted by molar-refractivity contribution is -0.122. The molecule has 0 unspecified atom stereocenters. The molecule has 1 fully saturated rings. The maximum atomic E-state index is 13.3. The number of hydrogen-bond acceptors (Lipinski definition) is 4. The molecule has 0 aromatic heterocycles. The van der Waals surface area contributed by atoms with Gasteiger partial charge < -0.3 is 5.32 Å². The fraction of sp³-hybridized carbons (Fsp3) is 0.588. The molecule has 1 aliphatic rings. The van der Waals surface area contributed by atoms with Gasteiger partial charge in [0.25, 0.3) is 0 Å². The summed E-state index contributed by atoms with van der Waals surface area (Å²) in [7, 11) is -3.69. The molecule has 1 N–H and O–H groups in total. The number of halogens is 1. The van der Waals surface area contributed by atoms with Crippen molar-refractivity contribution in [1.82, 2.24) is 14.5 Å². The van der Waals surface area contributed by atoms with Crippen molar-refractivity contribution in [1.29, 1.82) is 0 Å². The summed E-state index contributed by atoms with van der Waals surface area (Å²) in [6.07, 6.45) is 0.936. The summed E-state index contributed by atoms with van der Waals surface area (Å²) in [4.78, 5) is 13.8. The predicted molar refractivity (Wildman–Crippen MR) is 94.1 cm³/mol. The van der Waals surface area contributed by atoms with Crippen LogP contribution in [0.4, 0.5) is 4.39 Å². The summed E-state index contributed by atoms with van der Waals surface area (Å²) < 4.78 is 39.7. The first-order chi connectivity index (χ1) is 11.8. The quantitative estimate of drug-likeness (QED) is 0.784. The van der Waals surface area contributed by atoms with E-state index in [1.807, 2.05) is 4.90 Å². The Balaban J connectivity index is 1.84. The molecular weight excluding hydrogens is 345 g/mol. The van der Waals surface area contributed by atoms with Crippen molar-refractivity contribution in [2.24, 2.45) is 5.92 Å².